The van der Waals surface area contributed by atoms with Crippen molar-refractivity contribution in [2.45, 2.75) is 46.7 Å². The van der Waals surface area contributed by atoms with Crippen molar-refractivity contribution in [2.24, 2.45) is 11.7 Å². The highest BCUT2D eigenvalue weighted by Crippen LogP contribution is 2.30. The zero-order chi connectivity index (χ0) is 24.8. The quantitative estimate of drug-likeness (QED) is 0.433. The molecule has 3 rings (SSSR count). The van der Waals surface area contributed by atoms with Crippen LogP contribution in [0.5, 0.6) is 0 Å². The van der Waals surface area contributed by atoms with Gasteiger partial charge < -0.3 is 10.6 Å². The van der Waals surface area contributed by atoms with E-state index in [0.717, 1.165) is 11.1 Å². The number of benzene rings is 2. The Balaban J connectivity index is 2.17. The fourth-order valence-corrected chi connectivity index (χ4v) is 4.39. The maximum absolute atomic E-state index is 13.7. The zero-order valence-corrected chi connectivity index (χ0v) is 21.9. The molecule has 0 saturated carbocycles. The van der Waals surface area contributed by atoms with Gasteiger partial charge in [-0.15, -0.1) is 0 Å². The number of carbonyl (C=O) groups is 1. The van der Waals surface area contributed by atoms with Gasteiger partial charge in [-0.1, -0.05) is 61.9 Å². The molecule has 0 aliphatic rings. The maximum atomic E-state index is 13.7. The number of carbonyl (C=O) groups excluding carboxylic acids is 1. The molecule has 1 unspecified atom stereocenters. The Morgan fingerprint density at radius 2 is 1.74 bits per heavy atom. The lowest BCUT2D eigenvalue weighted by atomic mass is 9.98. The zero-order valence-electron chi connectivity index (χ0n) is 20.3. The molecule has 1 heterocycles. The van der Waals surface area contributed by atoms with Crippen molar-refractivity contribution in [1.29, 1.82) is 0 Å². The van der Waals surface area contributed by atoms with Crippen molar-refractivity contribution in [3.8, 4) is 0 Å². The molecule has 0 radical (unpaired) electrons. The minimum Gasteiger partial charge on any atom is -0.330 e. The number of hydrogen-bond donors (Lipinski definition) is 1. The molecule has 7 heteroatoms. The first kappa shape index (κ1) is 25.8. The van der Waals surface area contributed by atoms with Gasteiger partial charge in [-0.3, -0.25) is 14.2 Å². The second-order valence-corrected chi connectivity index (χ2v) is 9.73. The molecule has 0 saturated heterocycles. The van der Waals surface area contributed by atoms with Gasteiger partial charge >= 0.3 is 0 Å². The summed E-state index contributed by atoms with van der Waals surface area (Å²) in [4.78, 5) is 33.9. The molecule has 0 aliphatic carbocycles. The Kier molecular flexibility index (Phi) is 8.80. The number of hydrogen-bond acceptors (Lipinski definition) is 4. The molecule has 1 atom stereocenters. The van der Waals surface area contributed by atoms with Crippen molar-refractivity contribution in [2.75, 3.05) is 13.1 Å². The van der Waals surface area contributed by atoms with Crippen LogP contribution in [0.2, 0.25) is 0 Å². The second-order valence-electron chi connectivity index (χ2n) is 8.94. The number of aromatic nitrogens is 2. The molecular weight excluding hydrogens is 492 g/mol. The largest absolute Gasteiger partial charge is 0.330 e. The van der Waals surface area contributed by atoms with Crippen molar-refractivity contribution >= 4 is 21.8 Å². The van der Waals surface area contributed by atoms with Gasteiger partial charge in [-0.25, -0.2) is 4.98 Å². The fraction of sp³-hybridized carbons (Fsp3) is 0.370. The first-order valence-corrected chi connectivity index (χ1v) is 12.4. The van der Waals surface area contributed by atoms with Crippen LogP contribution >= 0.6 is 15.9 Å². The van der Waals surface area contributed by atoms with E-state index in [1.54, 1.807) is 4.57 Å². The predicted octanol–water partition coefficient (Wildman–Crippen LogP) is 4.86. The van der Waals surface area contributed by atoms with E-state index in [1.807, 2.05) is 73.3 Å². The van der Waals surface area contributed by atoms with E-state index in [4.69, 9.17) is 10.7 Å². The average Bonchev–Trinajstić information content (AvgIpc) is 2.82. The molecule has 1 aromatic heterocycles. The van der Waals surface area contributed by atoms with Gasteiger partial charge in [0.25, 0.3) is 11.5 Å². The van der Waals surface area contributed by atoms with Crippen LogP contribution in [0, 0.1) is 19.8 Å². The normalized spacial score (nSPS) is 12.1. The highest BCUT2D eigenvalue weighted by atomic mass is 79.9. The summed E-state index contributed by atoms with van der Waals surface area (Å²) in [5, 5.41) is 0. The van der Waals surface area contributed by atoms with Crippen molar-refractivity contribution in [3.63, 3.8) is 0 Å². The Hall–Kier alpha value is -2.77. The second kappa shape index (κ2) is 11.6. The van der Waals surface area contributed by atoms with Crippen LogP contribution < -0.4 is 11.3 Å². The third-order valence-corrected chi connectivity index (χ3v) is 6.80. The van der Waals surface area contributed by atoms with Crippen molar-refractivity contribution < 1.29 is 4.79 Å². The summed E-state index contributed by atoms with van der Waals surface area (Å²) in [5.74, 6) is 0.511. The third-order valence-electron chi connectivity index (χ3n) is 5.89. The Bertz CT molecular complexity index is 1170. The SMILES string of the molecule is Cc1ccc(C(=O)N(CCCN)C(c2nc(C)c(Br)c(=O)n2Cc2ccccc2)C(C)C)cc1. The standard InChI is InChI=1S/C27H33BrN4O2/c1-18(2)24(31(16-8-15-29)26(33)22-13-11-19(3)12-14-22)25-30-20(4)23(28)27(34)32(25)17-21-9-6-5-7-10-21/h5-7,9-14,18,24H,8,15-17,29H2,1-4H3. The molecule has 0 spiro atoms. The smallest absolute Gasteiger partial charge is 0.268 e. The Morgan fingerprint density at radius 3 is 2.32 bits per heavy atom. The minimum absolute atomic E-state index is 0.0154. The van der Waals surface area contributed by atoms with Gasteiger partial charge in [-0.05, 0) is 66.4 Å². The summed E-state index contributed by atoms with van der Waals surface area (Å²) in [5.41, 5.74) is 8.98. The van der Waals surface area contributed by atoms with Gasteiger partial charge in [-0.2, -0.15) is 0 Å². The first-order chi connectivity index (χ1) is 16.2. The van der Waals surface area contributed by atoms with E-state index >= 15 is 0 Å². The van der Waals surface area contributed by atoms with E-state index in [1.165, 1.54) is 0 Å². The summed E-state index contributed by atoms with van der Waals surface area (Å²) in [6.45, 7) is 9.22. The van der Waals surface area contributed by atoms with E-state index in [2.05, 4.69) is 29.8 Å². The van der Waals surface area contributed by atoms with Gasteiger partial charge in [0.2, 0.25) is 0 Å². The van der Waals surface area contributed by atoms with Crippen LogP contribution in [0.25, 0.3) is 0 Å². The molecule has 6 nitrogen and oxygen atoms in total. The monoisotopic (exact) mass is 524 g/mol. The lowest BCUT2D eigenvalue weighted by molar-refractivity contribution is 0.0601. The van der Waals surface area contributed by atoms with Crippen LogP contribution in [-0.4, -0.2) is 33.4 Å². The third kappa shape index (κ3) is 5.83. The number of halogens is 1. The summed E-state index contributed by atoms with van der Waals surface area (Å²) >= 11 is 3.42. The maximum Gasteiger partial charge on any atom is 0.268 e. The number of nitrogens with two attached hydrogens (primary N) is 1. The fourth-order valence-electron chi connectivity index (χ4n) is 4.09. The molecule has 3 aromatic rings. The molecule has 0 fully saturated rings. The van der Waals surface area contributed by atoms with E-state index < -0.39 is 6.04 Å². The van der Waals surface area contributed by atoms with Crippen molar-refractivity contribution in [1.82, 2.24) is 14.5 Å². The lowest BCUT2D eigenvalue weighted by Crippen LogP contribution is -2.42. The topological polar surface area (TPSA) is 81.2 Å². The Morgan fingerprint density at radius 1 is 1.09 bits per heavy atom. The summed E-state index contributed by atoms with van der Waals surface area (Å²) in [6.07, 6.45) is 0.652. The minimum atomic E-state index is -0.399. The highest BCUT2D eigenvalue weighted by Gasteiger charge is 2.32. The van der Waals surface area contributed by atoms with Gasteiger partial charge in [0, 0.05) is 12.1 Å². The number of aryl methyl sites for hydroxylation is 2. The van der Waals surface area contributed by atoms with Gasteiger partial charge in [0.05, 0.1) is 18.3 Å². The van der Waals surface area contributed by atoms with Crippen LogP contribution in [0.4, 0.5) is 0 Å². The van der Waals surface area contributed by atoms with E-state index in [0.29, 0.717) is 47.6 Å². The van der Waals surface area contributed by atoms with E-state index in [-0.39, 0.29) is 17.4 Å². The molecular formula is C27H33BrN4O2. The number of nitrogens with zero attached hydrogens (tertiary/aromatic N) is 3. The van der Waals surface area contributed by atoms with Crippen LogP contribution in [-0.2, 0) is 6.54 Å². The summed E-state index contributed by atoms with van der Waals surface area (Å²) in [6, 6.07) is 17.0. The number of rotatable bonds is 9. The summed E-state index contributed by atoms with van der Waals surface area (Å²) in [7, 11) is 0. The van der Waals surface area contributed by atoms with Crippen molar-refractivity contribution in [3.05, 3.63) is 97.6 Å². The molecule has 2 aromatic carbocycles. The lowest BCUT2D eigenvalue weighted by Gasteiger charge is -2.35. The molecule has 2 N–H and O–H groups in total. The first-order valence-electron chi connectivity index (χ1n) is 11.6. The number of amides is 1. The molecule has 180 valence electrons. The summed E-state index contributed by atoms with van der Waals surface area (Å²) < 4.78 is 2.13. The molecule has 1 amide bonds. The van der Waals surface area contributed by atoms with Crippen LogP contribution in [0.15, 0.2) is 63.9 Å². The van der Waals surface area contributed by atoms with E-state index in [9.17, 15) is 9.59 Å². The molecule has 0 bridgehead atoms. The van der Waals surface area contributed by atoms with Gasteiger partial charge in [0.15, 0.2) is 0 Å². The Labute approximate surface area is 209 Å². The van der Waals surface area contributed by atoms with Gasteiger partial charge in [0.1, 0.15) is 10.3 Å². The average molecular weight is 525 g/mol. The van der Waals surface area contributed by atoms with Crippen LogP contribution in [0.1, 0.15) is 59.3 Å². The molecule has 34 heavy (non-hydrogen) atoms. The van der Waals surface area contributed by atoms with Crippen LogP contribution in [0.3, 0.4) is 0 Å². The molecule has 0 aliphatic heterocycles. The highest BCUT2D eigenvalue weighted by molar-refractivity contribution is 9.10. The predicted molar refractivity (Wildman–Crippen MR) is 140 cm³/mol.